The molecule has 198 valence electrons. The van der Waals surface area contributed by atoms with E-state index in [9.17, 15) is 0 Å². The molecule has 1 unspecified atom stereocenters. The largest absolute Gasteiger partial charge is 0.480 e. The lowest BCUT2D eigenvalue weighted by Gasteiger charge is -2.38. The highest BCUT2D eigenvalue weighted by Crippen LogP contribution is 2.32. The summed E-state index contributed by atoms with van der Waals surface area (Å²) in [6, 6.07) is 10.8. The highest BCUT2D eigenvalue weighted by atomic mass is 16.5. The van der Waals surface area contributed by atoms with E-state index in [1.807, 2.05) is 43.5 Å². The average Bonchev–Trinajstić information content (AvgIpc) is 2.94. The van der Waals surface area contributed by atoms with Crippen molar-refractivity contribution in [3.63, 3.8) is 0 Å². The number of rotatable bonds is 7. The van der Waals surface area contributed by atoms with Crippen molar-refractivity contribution in [2.45, 2.75) is 39.2 Å². The Morgan fingerprint density at radius 3 is 2.47 bits per heavy atom. The molecule has 5 rings (SSSR count). The second-order valence-corrected chi connectivity index (χ2v) is 10.4. The van der Waals surface area contributed by atoms with Crippen molar-refractivity contribution < 1.29 is 4.74 Å². The number of methoxy groups -OCH3 is 1. The first-order valence-corrected chi connectivity index (χ1v) is 13.3. The average molecular weight is 512 g/mol. The van der Waals surface area contributed by atoms with Gasteiger partial charge in [-0.05, 0) is 69.5 Å². The quantitative estimate of drug-likeness (QED) is 0.466. The summed E-state index contributed by atoms with van der Waals surface area (Å²) in [6.45, 7) is 6.44. The zero-order valence-electron chi connectivity index (χ0n) is 23.0. The van der Waals surface area contributed by atoms with Crippen molar-refractivity contribution in [2.75, 3.05) is 39.6 Å². The van der Waals surface area contributed by atoms with Crippen LogP contribution in [0.4, 0.5) is 5.95 Å². The zero-order chi connectivity index (χ0) is 26.6. The topological polar surface area (TPSA) is 79.3 Å². The third kappa shape index (κ3) is 5.55. The molecular weight excluding hydrogens is 474 g/mol. The van der Waals surface area contributed by atoms with Crippen LogP contribution in [0.5, 0.6) is 5.88 Å². The lowest BCUT2D eigenvalue weighted by molar-refractivity contribution is 0.172. The van der Waals surface area contributed by atoms with Gasteiger partial charge in [0.15, 0.2) is 0 Å². The Kier molecular flexibility index (Phi) is 7.69. The van der Waals surface area contributed by atoms with Crippen LogP contribution < -0.4 is 10.1 Å². The van der Waals surface area contributed by atoms with Crippen LogP contribution in [0.25, 0.3) is 22.4 Å². The third-order valence-corrected chi connectivity index (χ3v) is 7.67. The standard InChI is InChI=1S/C30H37N7O/c1-20-6-11-25(37-16-13-24(14-17-37)36(3)4)18-27(20)33-30-31-19-26(29(34-30)38-5)22-7-9-23(10-8-22)28-21(2)12-15-32-35-28/h7-12,15,18-20,24H,6,13-14,16-17H2,1-5H3,(H,31,33,34). The third-order valence-electron chi connectivity index (χ3n) is 7.67. The number of likely N-dealkylation sites (tertiary alicyclic amines) is 1. The predicted molar refractivity (Wildman–Crippen MR) is 152 cm³/mol. The Bertz CT molecular complexity index is 1320. The van der Waals surface area contributed by atoms with Crippen molar-refractivity contribution >= 4 is 5.95 Å². The number of aromatic nitrogens is 4. The van der Waals surface area contributed by atoms with Gasteiger partial charge in [-0.15, -0.1) is 0 Å². The van der Waals surface area contributed by atoms with Crippen LogP contribution in [-0.4, -0.2) is 70.3 Å². The summed E-state index contributed by atoms with van der Waals surface area (Å²) in [5.74, 6) is 1.45. The van der Waals surface area contributed by atoms with E-state index >= 15 is 0 Å². The number of ether oxygens (including phenoxy) is 1. The summed E-state index contributed by atoms with van der Waals surface area (Å²) in [6.07, 6.45) is 11.5. The SMILES string of the molecule is COc1nc(NC2=CC(N3CCC(N(C)C)CC3)=CCC2C)ncc1-c1ccc(-c2nnccc2C)cc1. The Morgan fingerprint density at radius 1 is 1.05 bits per heavy atom. The number of allylic oxidation sites excluding steroid dienone is 3. The normalized spacial score (nSPS) is 18.3. The minimum atomic E-state index is 0.365. The first kappa shape index (κ1) is 25.9. The Labute approximate surface area is 225 Å². The molecule has 8 heteroatoms. The van der Waals surface area contributed by atoms with Crippen molar-refractivity contribution in [1.29, 1.82) is 0 Å². The van der Waals surface area contributed by atoms with E-state index < -0.39 is 0 Å². The van der Waals surface area contributed by atoms with E-state index in [1.165, 1.54) is 18.5 Å². The number of nitrogens with one attached hydrogen (secondary N) is 1. The number of hydrogen-bond acceptors (Lipinski definition) is 8. The van der Waals surface area contributed by atoms with Crippen molar-refractivity contribution in [3.05, 3.63) is 71.8 Å². The van der Waals surface area contributed by atoms with Crippen LogP contribution in [0.2, 0.25) is 0 Å². The molecule has 1 N–H and O–H groups in total. The van der Waals surface area contributed by atoms with E-state index in [2.05, 4.69) is 63.5 Å². The molecule has 0 saturated carbocycles. The summed E-state index contributed by atoms with van der Waals surface area (Å²) in [5.41, 5.74) is 7.25. The first-order chi connectivity index (χ1) is 18.4. The Morgan fingerprint density at radius 2 is 1.79 bits per heavy atom. The molecule has 8 nitrogen and oxygen atoms in total. The highest BCUT2D eigenvalue weighted by molar-refractivity contribution is 5.72. The fourth-order valence-corrected chi connectivity index (χ4v) is 5.20. The van der Waals surface area contributed by atoms with Crippen LogP contribution in [0.1, 0.15) is 31.7 Å². The van der Waals surface area contributed by atoms with Gasteiger partial charge in [-0.1, -0.05) is 37.3 Å². The maximum absolute atomic E-state index is 5.68. The van der Waals surface area contributed by atoms with Crippen molar-refractivity contribution in [3.8, 4) is 28.3 Å². The molecule has 0 spiro atoms. The lowest BCUT2D eigenvalue weighted by atomic mass is 9.95. The van der Waals surface area contributed by atoms with Crippen molar-refractivity contribution in [2.24, 2.45) is 5.92 Å². The van der Waals surface area contributed by atoms with Crippen LogP contribution in [0.3, 0.4) is 0 Å². The number of aryl methyl sites for hydroxylation is 1. The Balaban J connectivity index is 1.32. The summed E-state index contributed by atoms with van der Waals surface area (Å²) in [7, 11) is 6.01. The number of piperidine rings is 1. The van der Waals surface area contributed by atoms with Crippen molar-refractivity contribution in [1.82, 2.24) is 30.0 Å². The fourth-order valence-electron chi connectivity index (χ4n) is 5.20. The van der Waals surface area contributed by atoms with Gasteiger partial charge in [-0.2, -0.15) is 15.2 Å². The minimum Gasteiger partial charge on any atom is -0.480 e. The summed E-state index contributed by atoms with van der Waals surface area (Å²) in [5, 5.41) is 11.8. The molecule has 3 aromatic rings. The van der Waals surface area contributed by atoms with E-state index in [0.717, 1.165) is 53.2 Å². The second kappa shape index (κ2) is 11.3. The van der Waals surface area contributed by atoms with E-state index in [1.54, 1.807) is 13.3 Å². The van der Waals surface area contributed by atoms with Crippen LogP contribution >= 0.6 is 0 Å². The van der Waals surface area contributed by atoms with Gasteiger partial charge in [0.1, 0.15) is 0 Å². The molecule has 1 atom stereocenters. The van der Waals surface area contributed by atoms with Gasteiger partial charge in [0.2, 0.25) is 11.8 Å². The fraction of sp³-hybridized carbons (Fsp3) is 0.400. The molecule has 1 fully saturated rings. The van der Waals surface area contributed by atoms with Gasteiger partial charge < -0.3 is 19.9 Å². The molecule has 0 bridgehead atoms. The van der Waals surface area contributed by atoms with Crippen LogP contribution in [-0.2, 0) is 0 Å². The summed E-state index contributed by atoms with van der Waals surface area (Å²) in [4.78, 5) is 14.2. The van der Waals surface area contributed by atoms with Gasteiger partial charge in [0.25, 0.3) is 0 Å². The molecule has 0 radical (unpaired) electrons. The smallest absolute Gasteiger partial charge is 0.230 e. The molecule has 2 aliphatic rings. The van der Waals surface area contributed by atoms with E-state index in [4.69, 9.17) is 9.72 Å². The molecule has 1 aliphatic carbocycles. The molecule has 38 heavy (non-hydrogen) atoms. The monoisotopic (exact) mass is 511 g/mol. The number of hydrogen-bond donors (Lipinski definition) is 1. The van der Waals surface area contributed by atoms with Gasteiger partial charge in [0, 0.05) is 48.5 Å². The number of nitrogens with zero attached hydrogens (tertiary/aromatic N) is 6. The zero-order valence-corrected chi connectivity index (χ0v) is 23.0. The molecule has 2 aromatic heterocycles. The molecule has 1 saturated heterocycles. The lowest BCUT2D eigenvalue weighted by Crippen LogP contribution is -2.41. The maximum Gasteiger partial charge on any atom is 0.230 e. The van der Waals surface area contributed by atoms with Crippen LogP contribution in [0.15, 0.2) is 66.3 Å². The van der Waals surface area contributed by atoms with E-state index in [-0.39, 0.29) is 0 Å². The van der Waals surface area contributed by atoms with Crippen LogP contribution in [0, 0.1) is 12.8 Å². The van der Waals surface area contributed by atoms with Gasteiger partial charge in [0.05, 0.1) is 18.4 Å². The van der Waals surface area contributed by atoms with Gasteiger partial charge in [-0.25, -0.2) is 4.98 Å². The second-order valence-electron chi connectivity index (χ2n) is 10.4. The molecule has 1 aromatic carbocycles. The first-order valence-electron chi connectivity index (χ1n) is 13.3. The van der Waals surface area contributed by atoms with Gasteiger partial charge in [-0.3, -0.25) is 0 Å². The molecular formula is C30H37N7O. The minimum absolute atomic E-state index is 0.365. The predicted octanol–water partition coefficient (Wildman–Crippen LogP) is 5.16. The Hall–Kier alpha value is -3.78. The highest BCUT2D eigenvalue weighted by Gasteiger charge is 2.24. The molecule has 3 heterocycles. The molecule has 1 aliphatic heterocycles. The summed E-state index contributed by atoms with van der Waals surface area (Å²) >= 11 is 0. The maximum atomic E-state index is 5.68. The van der Waals surface area contributed by atoms with Gasteiger partial charge >= 0.3 is 0 Å². The number of benzene rings is 1. The van der Waals surface area contributed by atoms with E-state index in [0.29, 0.717) is 23.8 Å². The summed E-state index contributed by atoms with van der Waals surface area (Å²) < 4.78 is 5.68. The molecule has 0 amide bonds. The number of anilines is 1.